The predicted octanol–water partition coefficient (Wildman–Crippen LogP) is 4.79. The number of thiophene rings is 1. The summed E-state index contributed by atoms with van der Waals surface area (Å²) in [6.45, 7) is 0. The normalized spacial score (nSPS) is 11.3. The first kappa shape index (κ1) is 19.0. The monoisotopic (exact) mass is 395 g/mol. The van der Waals surface area contributed by atoms with E-state index in [9.17, 15) is 28.1 Å². The van der Waals surface area contributed by atoms with Crippen LogP contribution in [0.3, 0.4) is 0 Å². The van der Waals surface area contributed by atoms with E-state index >= 15 is 0 Å². The lowest BCUT2D eigenvalue weighted by molar-refractivity contribution is -0.384. The topological polar surface area (TPSA) is 78.7 Å². The van der Waals surface area contributed by atoms with Crippen molar-refractivity contribution in [1.29, 1.82) is 0 Å². The molecule has 0 fully saturated rings. The number of carbonyl (C=O) groups is 1. The summed E-state index contributed by atoms with van der Waals surface area (Å²) in [5.74, 6) is -1.49. The van der Waals surface area contributed by atoms with Crippen LogP contribution in [0.2, 0.25) is 4.34 Å². The summed E-state index contributed by atoms with van der Waals surface area (Å²) < 4.78 is 48.3. The quantitative estimate of drug-likeness (QED) is 0.422. The van der Waals surface area contributed by atoms with Crippen LogP contribution in [-0.4, -0.2) is 25.1 Å². The van der Waals surface area contributed by atoms with Crippen LogP contribution in [0.4, 0.5) is 18.9 Å². The van der Waals surface area contributed by atoms with Gasteiger partial charge in [0.2, 0.25) is 0 Å². The minimum absolute atomic E-state index is 0.123. The number of benzene rings is 1. The molecular formula is C14H9ClF3NO5S. The van der Waals surface area contributed by atoms with E-state index in [2.05, 4.69) is 9.47 Å². The Balaban J connectivity index is 2.75. The van der Waals surface area contributed by atoms with E-state index in [1.54, 1.807) is 0 Å². The first-order chi connectivity index (χ1) is 11.6. The summed E-state index contributed by atoms with van der Waals surface area (Å²) >= 11 is 6.49. The van der Waals surface area contributed by atoms with E-state index in [-0.39, 0.29) is 14.8 Å². The smallest absolute Gasteiger partial charge is 0.419 e. The molecule has 6 nitrogen and oxygen atoms in total. The summed E-state index contributed by atoms with van der Waals surface area (Å²) in [5.41, 5.74) is -2.44. The number of hydrogen-bond donors (Lipinski definition) is 0. The van der Waals surface area contributed by atoms with Gasteiger partial charge in [-0.1, -0.05) is 11.6 Å². The molecule has 2 rings (SSSR count). The van der Waals surface area contributed by atoms with Crippen molar-refractivity contribution in [2.24, 2.45) is 0 Å². The summed E-state index contributed by atoms with van der Waals surface area (Å²) in [7, 11) is 2.08. The summed E-state index contributed by atoms with van der Waals surface area (Å²) in [6, 6.07) is 2.95. The molecule has 0 saturated carbocycles. The van der Waals surface area contributed by atoms with Crippen LogP contribution < -0.4 is 4.74 Å². The van der Waals surface area contributed by atoms with Crippen LogP contribution in [-0.2, 0) is 10.9 Å². The van der Waals surface area contributed by atoms with Crippen LogP contribution in [0.1, 0.15) is 15.9 Å². The molecule has 11 heteroatoms. The molecule has 0 aliphatic heterocycles. The molecule has 134 valence electrons. The average Bonchev–Trinajstić information content (AvgIpc) is 2.90. The molecule has 0 bridgehead atoms. The average molecular weight is 396 g/mol. The van der Waals surface area contributed by atoms with Crippen molar-refractivity contribution in [1.82, 2.24) is 0 Å². The second-order valence-electron chi connectivity index (χ2n) is 4.59. The van der Waals surface area contributed by atoms with Crippen molar-refractivity contribution in [2.45, 2.75) is 6.18 Å². The van der Waals surface area contributed by atoms with Gasteiger partial charge in [-0.05, 0) is 23.8 Å². The Morgan fingerprint density at radius 1 is 1.32 bits per heavy atom. The third-order valence-electron chi connectivity index (χ3n) is 3.18. The highest BCUT2D eigenvalue weighted by Gasteiger charge is 2.37. The number of nitrogens with zero attached hydrogens (tertiary/aromatic N) is 1. The highest BCUT2D eigenvalue weighted by Crippen LogP contribution is 2.47. The van der Waals surface area contributed by atoms with E-state index in [0.29, 0.717) is 17.4 Å². The number of carbonyl (C=O) groups excluding carboxylic acids is 1. The first-order valence-electron chi connectivity index (χ1n) is 6.42. The molecule has 2 aromatic rings. The number of ether oxygens (including phenoxy) is 2. The van der Waals surface area contributed by atoms with E-state index in [1.165, 1.54) is 6.07 Å². The maximum Gasteiger partial charge on any atom is 0.419 e. The van der Waals surface area contributed by atoms with E-state index in [0.717, 1.165) is 20.3 Å². The highest BCUT2D eigenvalue weighted by molar-refractivity contribution is 7.20. The molecular weight excluding hydrogens is 387 g/mol. The summed E-state index contributed by atoms with van der Waals surface area (Å²) in [6.07, 6.45) is -4.73. The van der Waals surface area contributed by atoms with Gasteiger partial charge in [-0.2, -0.15) is 13.2 Å². The summed E-state index contributed by atoms with van der Waals surface area (Å²) in [4.78, 5) is 22.0. The van der Waals surface area contributed by atoms with Crippen LogP contribution in [0.5, 0.6) is 5.75 Å². The second kappa shape index (κ2) is 6.89. The Labute approximate surface area is 147 Å². The Hall–Kier alpha value is -2.33. The molecule has 0 aliphatic carbocycles. The molecule has 0 amide bonds. The van der Waals surface area contributed by atoms with Crippen molar-refractivity contribution in [3.8, 4) is 16.2 Å². The highest BCUT2D eigenvalue weighted by atomic mass is 35.5. The number of rotatable bonds is 4. The molecule has 1 aromatic heterocycles. The molecule has 0 N–H and O–H groups in total. The molecule has 0 spiro atoms. The number of halogens is 4. The molecule has 0 atom stereocenters. The SMILES string of the molecule is COC(=O)c1c(Cl)sc(-c2ccc(OC)c(C(F)(F)F)c2)c1[N+](=O)[O-]. The zero-order valence-corrected chi connectivity index (χ0v) is 14.2. The standard InChI is InChI=1S/C14H9ClF3NO5S/c1-23-8-4-3-6(5-7(8)14(16,17)18)11-10(19(21)22)9(12(15)25-11)13(20)24-2/h3-5H,1-2H3. The van der Waals surface area contributed by atoms with Crippen LogP contribution in [0.15, 0.2) is 18.2 Å². The second-order valence-corrected chi connectivity index (χ2v) is 6.21. The maximum absolute atomic E-state index is 13.1. The number of hydrogen-bond acceptors (Lipinski definition) is 6. The maximum atomic E-state index is 13.1. The lowest BCUT2D eigenvalue weighted by Gasteiger charge is -2.12. The molecule has 1 aromatic carbocycles. The van der Waals surface area contributed by atoms with Crippen molar-refractivity contribution in [2.75, 3.05) is 14.2 Å². The molecule has 0 unspecified atom stereocenters. The molecule has 1 heterocycles. The predicted molar refractivity (Wildman–Crippen MR) is 84.3 cm³/mol. The lowest BCUT2D eigenvalue weighted by Crippen LogP contribution is -2.08. The minimum Gasteiger partial charge on any atom is -0.496 e. The fourth-order valence-corrected chi connectivity index (χ4v) is 3.49. The zero-order chi connectivity index (χ0) is 18.9. The Morgan fingerprint density at radius 2 is 1.96 bits per heavy atom. The number of esters is 1. The summed E-state index contributed by atoms with van der Waals surface area (Å²) in [5, 5.41) is 11.4. The van der Waals surface area contributed by atoms with Gasteiger partial charge < -0.3 is 9.47 Å². The van der Waals surface area contributed by atoms with E-state index < -0.39 is 39.6 Å². The Bertz CT molecular complexity index is 850. The third-order valence-corrected chi connectivity index (χ3v) is 4.62. The van der Waals surface area contributed by atoms with Crippen molar-refractivity contribution in [3.05, 3.63) is 43.8 Å². The molecule has 0 aliphatic rings. The van der Waals surface area contributed by atoms with Gasteiger partial charge in [0.1, 0.15) is 15.0 Å². The van der Waals surface area contributed by atoms with Crippen LogP contribution in [0.25, 0.3) is 10.4 Å². The van der Waals surface area contributed by atoms with E-state index in [4.69, 9.17) is 11.6 Å². The van der Waals surface area contributed by atoms with Gasteiger partial charge in [-0.25, -0.2) is 4.79 Å². The molecule has 0 saturated heterocycles. The zero-order valence-electron chi connectivity index (χ0n) is 12.6. The van der Waals surface area contributed by atoms with Gasteiger partial charge in [0, 0.05) is 0 Å². The van der Waals surface area contributed by atoms with Gasteiger partial charge >= 0.3 is 17.8 Å². The minimum atomic E-state index is -4.73. The largest absolute Gasteiger partial charge is 0.496 e. The van der Waals surface area contributed by atoms with Gasteiger partial charge in [-0.15, -0.1) is 11.3 Å². The molecule has 25 heavy (non-hydrogen) atoms. The van der Waals surface area contributed by atoms with Crippen molar-refractivity contribution in [3.63, 3.8) is 0 Å². The fraction of sp³-hybridized carbons (Fsp3) is 0.214. The van der Waals surface area contributed by atoms with Crippen LogP contribution >= 0.6 is 22.9 Å². The van der Waals surface area contributed by atoms with Gasteiger partial charge in [0.15, 0.2) is 5.56 Å². The number of nitro groups is 1. The van der Waals surface area contributed by atoms with Gasteiger partial charge in [0.05, 0.1) is 24.7 Å². The Kier molecular flexibility index (Phi) is 5.23. The number of alkyl halides is 3. The third kappa shape index (κ3) is 3.54. The molecule has 0 radical (unpaired) electrons. The van der Waals surface area contributed by atoms with Crippen LogP contribution in [0, 0.1) is 10.1 Å². The Morgan fingerprint density at radius 3 is 2.44 bits per heavy atom. The lowest BCUT2D eigenvalue weighted by atomic mass is 10.1. The fourth-order valence-electron chi connectivity index (χ4n) is 2.12. The van der Waals surface area contributed by atoms with Gasteiger partial charge in [-0.3, -0.25) is 10.1 Å². The van der Waals surface area contributed by atoms with Gasteiger partial charge in [0.25, 0.3) is 0 Å². The van der Waals surface area contributed by atoms with Crippen molar-refractivity contribution < 1.29 is 32.4 Å². The first-order valence-corrected chi connectivity index (χ1v) is 7.61. The van der Waals surface area contributed by atoms with Crippen molar-refractivity contribution >= 4 is 34.6 Å². The van der Waals surface area contributed by atoms with E-state index in [1.807, 2.05) is 0 Å². The number of methoxy groups -OCH3 is 2.